The fourth-order valence-corrected chi connectivity index (χ4v) is 5.04. The van der Waals surface area contributed by atoms with Crippen molar-refractivity contribution in [2.75, 3.05) is 14.2 Å². The minimum atomic E-state index is -0.327. The minimum Gasteiger partial charge on any atom is -0.502 e. The third kappa shape index (κ3) is 4.69. The summed E-state index contributed by atoms with van der Waals surface area (Å²) in [6.45, 7) is 0. The van der Waals surface area contributed by atoms with Gasteiger partial charge in [0.25, 0.3) is 0 Å². The van der Waals surface area contributed by atoms with Crippen LogP contribution in [0.25, 0.3) is 6.08 Å². The summed E-state index contributed by atoms with van der Waals surface area (Å²) in [7, 11) is 2.93. The molecule has 1 atom stereocenters. The van der Waals surface area contributed by atoms with E-state index >= 15 is 0 Å². The highest BCUT2D eigenvalue weighted by Crippen LogP contribution is 2.42. The lowest BCUT2D eigenvalue weighted by molar-refractivity contribution is 0.267. The molecular formula is C27H22ClN3O4S. The van der Waals surface area contributed by atoms with Crippen LogP contribution in [0, 0.1) is 0 Å². The lowest BCUT2D eigenvalue weighted by Gasteiger charge is -2.24. The highest BCUT2D eigenvalue weighted by atomic mass is 35.5. The van der Waals surface area contributed by atoms with Crippen LogP contribution < -0.4 is 9.47 Å². The second-order valence-electron chi connectivity index (χ2n) is 8.11. The van der Waals surface area contributed by atoms with Crippen molar-refractivity contribution in [3.8, 4) is 17.2 Å². The van der Waals surface area contributed by atoms with Crippen LogP contribution in [-0.2, 0) is 0 Å². The van der Waals surface area contributed by atoms with E-state index in [1.165, 1.54) is 14.2 Å². The molecule has 2 aliphatic heterocycles. The molecule has 0 radical (unpaired) electrons. The third-order valence-corrected chi connectivity index (χ3v) is 6.94. The molecule has 9 heteroatoms. The number of nitrogens with zero attached hydrogens (tertiary/aromatic N) is 3. The molecule has 0 saturated heterocycles. The standard InChI is InChI=1S/C27H22ClN3O4S/c1-34-22-12-16(13-23(35-2)25(22)32)14-24-26(29-27(33)36-24)31-21(18-8-10-19(28)11-9-18)15-20(30-31)17-6-4-3-5-7-17/h3-14,21,32H,15H2,1-2H3/b24-14-. The molecule has 0 aliphatic carbocycles. The van der Waals surface area contributed by atoms with Gasteiger partial charge in [0.15, 0.2) is 17.3 Å². The number of thioether (sulfide) groups is 1. The molecule has 1 amide bonds. The number of hydrogen-bond donors (Lipinski definition) is 1. The van der Waals surface area contributed by atoms with Crippen LogP contribution in [0.4, 0.5) is 4.79 Å². The maximum Gasteiger partial charge on any atom is 0.311 e. The normalized spacial score (nSPS) is 18.4. The second-order valence-corrected chi connectivity index (χ2v) is 9.54. The van der Waals surface area contributed by atoms with Gasteiger partial charge < -0.3 is 14.6 Å². The van der Waals surface area contributed by atoms with E-state index in [2.05, 4.69) is 4.99 Å². The number of aliphatic imine (C=N–C) groups is 1. The van der Waals surface area contributed by atoms with Gasteiger partial charge in [0, 0.05) is 11.4 Å². The maximum absolute atomic E-state index is 12.5. The largest absolute Gasteiger partial charge is 0.502 e. The third-order valence-electron chi connectivity index (χ3n) is 5.90. The zero-order chi connectivity index (χ0) is 25.2. The first kappa shape index (κ1) is 24.0. The molecule has 1 unspecified atom stereocenters. The number of ether oxygens (including phenoxy) is 2. The van der Waals surface area contributed by atoms with Gasteiger partial charge in [-0.25, -0.2) is 5.01 Å². The summed E-state index contributed by atoms with van der Waals surface area (Å²) in [5.41, 5.74) is 3.60. The van der Waals surface area contributed by atoms with Crippen LogP contribution >= 0.6 is 23.4 Å². The van der Waals surface area contributed by atoms with Gasteiger partial charge in [-0.2, -0.15) is 10.1 Å². The van der Waals surface area contributed by atoms with Crippen molar-refractivity contribution in [3.05, 3.63) is 93.3 Å². The van der Waals surface area contributed by atoms with Gasteiger partial charge in [0.1, 0.15) is 0 Å². The monoisotopic (exact) mass is 519 g/mol. The number of halogens is 1. The van der Waals surface area contributed by atoms with Crippen molar-refractivity contribution < 1.29 is 19.4 Å². The Kier molecular flexibility index (Phi) is 6.71. The molecule has 0 bridgehead atoms. The molecule has 0 spiro atoms. The average Bonchev–Trinajstić information content (AvgIpc) is 3.49. The summed E-state index contributed by atoms with van der Waals surface area (Å²) in [5, 5.41) is 17.3. The Balaban J connectivity index is 1.58. The number of hydrazone groups is 1. The number of amides is 1. The van der Waals surface area contributed by atoms with E-state index < -0.39 is 0 Å². The van der Waals surface area contributed by atoms with E-state index in [1.807, 2.05) is 65.7 Å². The maximum atomic E-state index is 12.5. The summed E-state index contributed by atoms with van der Waals surface area (Å²) in [6, 6.07) is 20.7. The number of rotatable bonds is 5. The highest BCUT2D eigenvalue weighted by molar-refractivity contribution is 8.18. The summed E-state index contributed by atoms with van der Waals surface area (Å²) in [6.07, 6.45) is 2.45. The first-order valence-corrected chi connectivity index (χ1v) is 12.3. The summed E-state index contributed by atoms with van der Waals surface area (Å²) in [4.78, 5) is 17.5. The van der Waals surface area contributed by atoms with Gasteiger partial charge >= 0.3 is 5.24 Å². The second kappa shape index (κ2) is 10.1. The Labute approximate surface area is 217 Å². The number of benzene rings is 3. The number of carbonyl (C=O) groups excluding carboxylic acids is 1. The van der Waals surface area contributed by atoms with Crippen molar-refractivity contribution >= 4 is 46.2 Å². The SMILES string of the molecule is COc1cc(/C=C2\SC(=O)N=C2N2N=C(c3ccccc3)CC2c2ccc(Cl)cc2)cc(OC)c1O. The smallest absolute Gasteiger partial charge is 0.311 e. The van der Waals surface area contributed by atoms with Crippen molar-refractivity contribution in [1.82, 2.24) is 5.01 Å². The molecule has 0 aromatic heterocycles. The first-order chi connectivity index (χ1) is 17.5. The lowest BCUT2D eigenvalue weighted by Crippen LogP contribution is -2.26. The average molecular weight is 520 g/mol. The Morgan fingerprint density at radius 1 is 1.06 bits per heavy atom. The fraction of sp³-hybridized carbons (Fsp3) is 0.148. The van der Waals surface area contributed by atoms with E-state index in [1.54, 1.807) is 12.1 Å². The molecular weight excluding hydrogens is 498 g/mol. The van der Waals surface area contributed by atoms with E-state index in [4.69, 9.17) is 26.2 Å². The van der Waals surface area contributed by atoms with Crippen LogP contribution in [0.15, 0.2) is 81.7 Å². The quantitative estimate of drug-likeness (QED) is 0.413. The number of aromatic hydroxyl groups is 1. The Bertz CT molecular complexity index is 1380. The number of carbonyl (C=O) groups is 1. The molecule has 5 rings (SSSR count). The van der Waals surface area contributed by atoms with E-state index in [-0.39, 0.29) is 28.5 Å². The summed E-state index contributed by atoms with van der Waals surface area (Å²) >= 11 is 7.16. The van der Waals surface area contributed by atoms with Crippen LogP contribution in [0.5, 0.6) is 17.2 Å². The molecule has 2 aliphatic rings. The number of methoxy groups -OCH3 is 2. The molecule has 3 aromatic rings. The first-order valence-electron chi connectivity index (χ1n) is 11.1. The number of amidine groups is 1. The van der Waals surface area contributed by atoms with Crippen LogP contribution in [-0.4, -0.2) is 41.1 Å². The number of phenolic OH excluding ortho intramolecular Hbond substituents is 1. The van der Waals surface area contributed by atoms with Gasteiger partial charge in [0.2, 0.25) is 5.75 Å². The van der Waals surface area contributed by atoms with Gasteiger partial charge in [-0.1, -0.05) is 54.1 Å². The predicted octanol–water partition coefficient (Wildman–Crippen LogP) is 6.52. The molecule has 7 nitrogen and oxygen atoms in total. The Hall–Kier alpha value is -3.75. The van der Waals surface area contributed by atoms with E-state index in [9.17, 15) is 9.90 Å². The molecule has 1 N–H and O–H groups in total. The Morgan fingerprint density at radius 2 is 1.72 bits per heavy atom. The van der Waals surface area contributed by atoms with Gasteiger partial charge in [-0.05, 0) is 58.8 Å². The molecule has 182 valence electrons. The van der Waals surface area contributed by atoms with Crippen LogP contribution in [0.2, 0.25) is 5.02 Å². The van der Waals surface area contributed by atoms with Crippen molar-refractivity contribution in [1.29, 1.82) is 0 Å². The van der Waals surface area contributed by atoms with Crippen molar-refractivity contribution in [2.24, 2.45) is 10.1 Å². The zero-order valence-electron chi connectivity index (χ0n) is 19.5. The molecule has 3 aromatic carbocycles. The molecule has 2 heterocycles. The summed E-state index contributed by atoms with van der Waals surface area (Å²) in [5.74, 6) is 0.893. The fourth-order valence-electron chi connectivity index (χ4n) is 4.17. The predicted molar refractivity (Wildman–Crippen MR) is 143 cm³/mol. The Morgan fingerprint density at radius 3 is 2.36 bits per heavy atom. The van der Waals surface area contributed by atoms with Gasteiger partial charge in [-0.3, -0.25) is 4.79 Å². The lowest BCUT2D eigenvalue weighted by atomic mass is 9.98. The van der Waals surface area contributed by atoms with Gasteiger partial charge in [0.05, 0.1) is 30.9 Å². The van der Waals surface area contributed by atoms with E-state index in [0.29, 0.717) is 27.7 Å². The van der Waals surface area contributed by atoms with E-state index in [0.717, 1.165) is 28.6 Å². The topological polar surface area (TPSA) is 83.7 Å². The van der Waals surface area contributed by atoms with Crippen molar-refractivity contribution in [3.63, 3.8) is 0 Å². The molecule has 0 fully saturated rings. The summed E-state index contributed by atoms with van der Waals surface area (Å²) < 4.78 is 10.6. The van der Waals surface area contributed by atoms with Gasteiger partial charge in [-0.15, -0.1) is 0 Å². The zero-order valence-corrected chi connectivity index (χ0v) is 21.1. The van der Waals surface area contributed by atoms with Crippen LogP contribution in [0.1, 0.15) is 29.2 Å². The van der Waals surface area contributed by atoms with Crippen molar-refractivity contribution in [2.45, 2.75) is 12.5 Å². The number of phenols is 1. The highest BCUT2D eigenvalue weighted by Gasteiger charge is 2.37. The number of hydrogen-bond acceptors (Lipinski definition) is 7. The molecule has 0 saturated carbocycles. The molecule has 36 heavy (non-hydrogen) atoms. The van der Waals surface area contributed by atoms with Crippen LogP contribution in [0.3, 0.4) is 0 Å². The minimum absolute atomic E-state index is 0.0920.